The van der Waals surface area contributed by atoms with Crippen LogP contribution in [0.15, 0.2) is 40.9 Å². The predicted octanol–water partition coefficient (Wildman–Crippen LogP) is 5.28. The summed E-state index contributed by atoms with van der Waals surface area (Å²) in [5, 5.41) is 3.47. The van der Waals surface area contributed by atoms with Gasteiger partial charge >= 0.3 is 0 Å². The van der Waals surface area contributed by atoms with E-state index in [0.717, 1.165) is 16.7 Å². The Morgan fingerprint density at radius 1 is 1.11 bits per heavy atom. The first-order valence-corrected chi connectivity index (χ1v) is 7.68. The van der Waals surface area contributed by atoms with Crippen molar-refractivity contribution in [2.24, 2.45) is 0 Å². The van der Waals surface area contributed by atoms with Gasteiger partial charge in [-0.1, -0.05) is 23.8 Å². The molecule has 18 heavy (non-hydrogen) atoms. The Balaban J connectivity index is 2.11. The number of halogens is 2. The topological polar surface area (TPSA) is 12.0 Å². The minimum absolute atomic E-state index is 0.866. The van der Waals surface area contributed by atoms with Crippen molar-refractivity contribution in [1.29, 1.82) is 0 Å². The van der Waals surface area contributed by atoms with Crippen LogP contribution in [0.1, 0.15) is 16.7 Å². The second kappa shape index (κ2) is 6.06. The van der Waals surface area contributed by atoms with Crippen LogP contribution in [0.2, 0.25) is 0 Å². The average molecular weight is 416 g/mol. The molecule has 0 spiro atoms. The van der Waals surface area contributed by atoms with Crippen molar-refractivity contribution in [2.45, 2.75) is 20.4 Å². The van der Waals surface area contributed by atoms with Gasteiger partial charge in [0.1, 0.15) is 0 Å². The molecule has 1 N–H and O–H groups in total. The number of aryl methyl sites for hydroxylation is 2. The summed E-state index contributed by atoms with van der Waals surface area (Å²) in [5.41, 5.74) is 5.15. The number of rotatable bonds is 3. The maximum atomic E-state index is 3.51. The largest absolute Gasteiger partial charge is 0.381 e. The van der Waals surface area contributed by atoms with E-state index in [9.17, 15) is 0 Å². The fourth-order valence-corrected chi connectivity index (χ4v) is 2.56. The van der Waals surface area contributed by atoms with Crippen LogP contribution < -0.4 is 5.32 Å². The van der Waals surface area contributed by atoms with E-state index in [1.165, 1.54) is 20.3 Å². The molecule has 0 heterocycles. The van der Waals surface area contributed by atoms with Crippen LogP contribution in [0.4, 0.5) is 5.69 Å². The minimum atomic E-state index is 0.866. The molecule has 0 bridgehead atoms. The first-order valence-electron chi connectivity index (χ1n) is 5.81. The molecule has 2 rings (SSSR count). The van der Waals surface area contributed by atoms with Gasteiger partial charge in [0.15, 0.2) is 0 Å². The van der Waals surface area contributed by atoms with Crippen molar-refractivity contribution in [3.63, 3.8) is 0 Å². The third-order valence-electron chi connectivity index (χ3n) is 2.91. The molecule has 0 aliphatic carbocycles. The molecule has 0 saturated carbocycles. The smallest absolute Gasteiger partial charge is 0.0403 e. The molecule has 1 nitrogen and oxygen atoms in total. The molecule has 3 heteroatoms. The maximum absolute atomic E-state index is 3.51. The lowest BCUT2D eigenvalue weighted by molar-refractivity contribution is 1.11. The summed E-state index contributed by atoms with van der Waals surface area (Å²) in [6.07, 6.45) is 0. The first kappa shape index (κ1) is 13.9. The van der Waals surface area contributed by atoms with Gasteiger partial charge in [0.25, 0.3) is 0 Å². The third-order valence-corrected chi connectivity index (χ3v) is 5.23. The summed E-state index contributed by atoms with van der Waals surface area (Å²) >= 11 is 5.84. The lowest BCUT2D eigenvalue weighted by Crippen LogP contribution is -2.02. The van der Waals surface area contributed by atoms with Gasteiger partial charge in [-0.2, -0.15) is 0 Å². The Bertz CT molecular complexity index is 566. The van der Waals surface area contributed by atoms with Crippen molar-refractivity contribution in [3.05, 3.63) is 61.1 Å². The quantitative estimate of drug-likeness (QED) is 0.672. The standard InChI is InChI=1S/C15H15BrIN/c1-10-3-4-11(2)12(7-10)9-18-13-5-6-14(16)15(17)8-13/h3-8,18H,9H2,1-2H3. The highest BCUT2D eigenvalue weighted by molar-refractivity contribution is 14.1. The summed E-state index contributed by atoms with van der Waals surface area (Å²) in [5.74, 6) is 0. The summed E-state index contributed by atoms with van der Waals surface area (Å²) in [7, 11) is 0. The van der Waals surface area contributed by atoms with Crippen molar-refractivity contribution >= 4 is 44.2 Å². The van der Waals surface area contributed by atoms with Crippen LogP contribution in [0.3, 0.4) is 0 Å². The molecular formula is C15H15BrIN. The van der Waals surface area contributed by atoms with Crippen molar-refractivity contribution in [2.75, 3.05) is 5.32 Å². The molecule has 0 amide bonds. The zero-order chi connectivity index (χ0) is 13.1. The second-order valence-corrected chi connectivity index (χ2v) is 6.43. The van der Waals surface area contributed by atoms with Gasteiger partial charge in [-0.25, -0.2) is 0 Å². The number of benzene rings is 2. The lowest BCUT2D eigenvalue weighted by atomic mass is 10.1. The van der Waals surface area contributed by atoms with Gasteiger partial charge in [-0.15, -0.1) is 0 Å². The molecule has 2 aromatic carbocycles. The van der Waals surface area contributed by atoms with Gasteiger partial charge in [0.05, 0.1) is 0 Å². The Labute approximate surface area is 130 Å². The molecule has 0 aromatic heterocycles. The molecule has 0 saturated heterocycles. The van der Waals surface area contributed by atoms with E-state index >= 15 is 0 Å². The minimum Gasteiger partial charge on any atom is -0.381 e. The Morgan fingerprint density at radius 2 is 1.89 bits per heavy atom. The first-order chi connectivity index (χ1) is 8.56. The SMILES string of the molecule is Cc1ccc(C)c(CNc2ccc(Br)c(I)c2)c1. The molecular weight excluding hydrogens is 401 g/mol. The highest BCUT2D eigenvalue weighted by Gasteiger charge is 2.01. The molecule has 0 aliphatic rings. The van der Waals surface area contributed by atoms with Gasteiger partial charge in [-0.3, -0.25) is 0 Å². The molecule has 94 valence electrons. The molecule has 0 aliphatic heterocycles. The molecule has 0 fully saturated rings. The van der Waals surface area contributed by atoms with Crippen molar-refractivity contribution in [1.82, 2.24) is 0 Å². The number of hydrogen-bond acceptors (Lipinski definition) is 1. The fourth-order valence-electron chi connectivity index (χ4n) is 1.79. The molecule has 0 radical (unpaired) electrons. The molecule has 0 atom stereocenters. The molecule has 2 aromatic rings. The normalized spacial score (nSPS) is 10.4. The van der Waals surface area contributed by atoms with Crippen molar-refractivity contribution in [3.8, 4) is 0 Å². The summed E-state index contributed by atoms with van der Waals surface area (Å²) in [6, 6.07) is 12.9. The summed E-state index contributed by atoms with van der Waals surface area (Å²) < 4.78 is 2.36. The van der Waals surface area contributed by atoms with E-state index in [2.05, 4.69) is 94.1 Å². The summed E-state index contributed by atoms with van der Waals surface area (Å²) in [4.78, 5) is 0. The number of hydrogen-bond donors (Lipinski definition) is 1. The van der Waals surface area contributed by atoms with E-state index in [4.69, 9.17) is 0 Å². The van der Waals surface area contributed by atoms with E-state index in [1.807, 2.05) is 0 Å². The van der Waals surface area contributed by atoms with Gasteiger partial charge < -0.3 is 5.32 Å². The fraction of sp³-hybridized carbons (Fsp3) is 0.200. The van der Waals surface area contributed by atoms with Crippen LogP contribution in [0.25, 0.3) is 0 Å². The van der Waals surface area contributed by atoms with Crippen molar-refractivity contribution < 1.29 is 0 Å². The Hall–Kier alpha value is -0.550. The lowest BCUT2D eigenvalue weighted by Gasteiger charge is -2.10. The molecule has 0 unspecified atom stereocenters. The Morgan fingerprint density at radius 3 is 2.61 bits per heavy atom. The van der Waals surface area contributed by atoms with E-state index in [1.54, 1.807) is 0 Å². The van der Waals surface area contributed by atoms with Crippen LogP contribution in [0, 0.1) is 17.4 Å². The highest BCUT2D eigenvalue weighted by Crippen LogP contribution is 2.23. The van der Waals surface area contributed by atoms with E-state index < -0.39 is 0 Å². The maximum Gasteiger partial charge on any atom is 0.0403 e. The van der Waals surface area contributed by atoms with Crippen LogP contribution in [-0.2, 0) is 6.54 Å². The number of anilines is 1. The van der Waals surface area contributed by atoms with Crippen LogP contribution in [0.5, 0.6) is 0 Å². The van der Waals surface area contributed by atoms with Crippen LogP contribution in [-0.4, -0.2) is 0 Å². The second-order valence-electron chi connectivity index (χ2n) is 4.41. The zero-order valence-electron chi connectivity index (χ0n) is 10.4. The Kier molecular flexibility index (Phi) is 4.67. The monoisotopic (exact) mass is 415 g/mol. The van der Waals surface area contributed by atoms with E-state index in [-0.39, 0.29) is 0 Å². The van der Waals surface area contributed by atoms with Gasteiger partial charge in [0, 0.05) is 20.3 Å². The van der Waals surface area contributed by atoms with Crippen LogP contribution >= 0.6 is 38.5 Å². The van der Waals surface area contributed by atoms with Gasteiger partial charge in [0.2, 0.25) is 0 Å². The zero-order valence-corrected chi connectivity index (χ0v) is 14.2. The predicted molar refractivity (Wildman–Crippen MR) is 90.1 cm³/mol. The van der Waals surface area contributed by atoms with E-state index in [0.29, 0.717) is 0 Å². The summed E-state index contributed by atoms with van der Waals surface area (Å²) in [6.45, 7) is 5.15. The highest BCUT2D eigenvalue weighted by atomic mass is 127. The number of nitrogens with one attached hydrogen (secondary N) is 1. The third kappa shape index (κ3) is 3.48. The van der Waals surface area contributed by atoms with Gasteiger partial charge in [-0.05, 0) is 81.7 Å². The average Bonchev–Trinajstić information content (AvgIpc) is 2.34.